The van der Waals surface area contributed by atoms with Gasteiger partial charge in [-0.15, -0.1) is 0 Å². The zero-order valence-electron chi connectivity index (χ0n) is 15.3. The molecule has 1 atom stereocenters. The number of methoxy groups -OCH3 is 1. The molecule has 1 aromatic carbocycles. The SMILES string of the molecule is COc1ccc(NC(=O)c2cc(N3CCCC(C)C3)nc(C)n2)cc1Cl. The zero-order valence-corrected chi connectivity index (χ0v) is 16.0. The molecule has 1 N–H and O–H groups in total. The summed E-state index contributed by atoms with van der Waals surface area (Å²) in [4.78, 5) is 23.7. The van der Waals surface area contributed by atoms with Gasteiger partial charge in [0.2, 0.25) is 0 Å². The van der Waals surface area contributed by atoms with E-state index in [-0.39, 0.29) is 5.91 Å². The average Bonchev–Trinajstić information content (AvgIpc) is 2.61. The van der Waals surface area contributed by atoms with Crippen molar-refractivity contribution in [3.05, 3.63) is 40.8 Å². The molecule has 0 bridgehead atoms. The molecule has 26 heavy (non-hydrogen) atoms. The second kappa shape index (κ2) is 7.91. The highest BCUT2D eigenvalue weighted by molar-refractivity contribution is 6.32. The van der Waals surface area contributed by atoms with Crippen molar-refractivity contribution in [3.63, 3.8) is 0 Å². The van der Waals surface area contributed by atoms with Crippen LogP contribution in [0.1, 0.15) is 36.1 Å². The average molecular weight is 375 g/mol. The number of rotatable bonds is 4. The molecule has 3 rings (SSSR count). The van der Waals surface area contributed by atoms with Gasteiger partial charge in [-0.25, -0.2) is 9.97 Å². The molecule has 7 heteroatoms. The second-order valence-electron chi connectivity index (χ2n) is 6.66. The van der Waals surface area contributed by atoms with Gasteiger partial charge in [0.1, 0.15) is 23.1 Å². The molecule has 2 heterocycles. The summed E-state index contributed by atoms with van der Waals surface area (Å²) in [5.74, 6) is 2.28. The maximum Gasteiger partial charge on any atom is 0.274 e. The first-order chi connectivity index (χ1) is 12.5. The minimum absolute atomic E-state index is 0.289. The number of anilines is 2. The number of carbonyl (C=O) groups excluding carboxylic acids is 1. The summed E-state index contributed by atoms with van der Waals surface area (Å²) in [5, 5.41) is 3.27. The lowest BCUT2D eigenvalue weighted by atomic mass is 10.0. The highest BCUT2D eigenvalue weighted by atomic mass is 35.5. The second-order valence-corrected chi connectivity index (χ2v) is 7.06. The largest absolute Gasteiger partial charge is 0.495 e. The van der Waals surface area contributed by atoms with E-state index in [0.717, 1.165) is 25.3 Å². The van der Waals surface area contributed by atoms with Crippen LogP contribution in [0.3, 0.4) is 0 Å². The van der Waals surface area contributed by atoms with Crippen LogP contribution >= 0.6 is 11.6 Å². The van der Waals surface area contributed by atoms with Crippen molar-refractivity contribution in [2.75, 3.05) is 30.4 Å². The van der Waals surface area contributed by atoms with Crippen molar-refractivity contribution in [1.29, 1.82) is 0 Å². The molecule has 1 aliphatic rings. The summed E-state index contributed by atoms with van der Waals surface area (Å²) < 4.78 is 5.13. The van der Waals surface area contributed by atoms with Gasteiger partial charge in [-0.2, -0.15) is 0 Å². The van der Waals surface area contributed by atoms with Crippen molar-refractivity contribution >= 4 is 29.0 Å². The van der Waals surface area contributed by atoms with Gasteiger partial charge in [0, 0.05) is 24.8 Å². The van der Waals surface area contributed by atoms with Gasteiger partial charge in [0.05, 0.1) is 12.1 Å². The van der Waals surface area contributed by atoms with Crippen LogP contribution in [0, 0.1) is 12.8 Å². The lowest BCUT2D eigenvalue weighted by Crippen LogP contribution is -2.35. The monoisotopic (exact) mass is 374 g/mol. The number of carbonyl (C=O) groups is 1. The molecule has 1 aliphatic heterocycles. The molecule has 2 aromatic rings. The van der Waals surface area contributed by atoms with Crippen LogP contribution < -0.4 is 15.0 Å². The summed E-state index contributed by atoms with van der Waals surface area (Å²) >= 11 is 6.12. The molecule has 138 valence electrons. The van der Waals surface area contributed by atoms with Crippen LogP contribution in [0.5, 0.6) is 5.75 Å². The first-order valence-electron chi connectivity index (χ1n) is 8.72. The Morgan fingerprint density at radius 2 is 2.15 bits per heavy atom. The van der Waals surface area contributed by atoms with Crippen molar-refractivity contribution in [2.24, 2.45) is 5.92 Å². The fraction of sp³-hybridized carbons (Fsp3) is 0.421. The summed E-state index contributed by atoms with van der Waals surface area (Å²) in [5.41, 5.74) is 0.933. The molecule has 0 saturated carbocycles. The number of amides is 1. The van der Waals surface area contributed by atoms with Crippen molar-refractivity contribution < 1.29 is 9.53 Å². The van der Waals surface area contributed by atoms with Gasteiger partial charge in [-0.1, -0.05) is 18.5 Å². The van der Waals surface area contributed by atoms with Gasteiger partial charge in [-0.05, 0) is 43.9 Å². The van der Waals surface area contributed by atoms with E-state index in [1.54, 1.807) is 38.3 Å². The number of benzene rings is 1. The van der Waals surface area contributed by atoms with Gasteiger partial charge >= 0.3 is 0 Å². The standard InChI is InChI=1S/C19H23ClN4O2/c1-12-5-4-8-24(11-12)18-10-16(21-13(2)22-18)19(25)23-14-6-7-17(26-3)15(20)9-14/h6-7,9-10,12H,4-5,8,11H2,1-3H3,(H,23,25). The van der Waals surface area contributed by atoms with E-state index in [1.807, 2.05) is 0 Å². The third kappa shape index (κ3) is 4.25. The van der Waals surface area contributed by atoms with Crippen LogP contribution in [-0.2, 0) is 0 Å². The van der Waals surface area contributed by atoms with Crippen LogP contribution in [0.25, 0.3) is 0 Å². The summed E-state index contributed by atoms with van der Waals surface area (Å²) in [6, 6.07) is 6.86. The van der Waals surface area contributed by atoms with E-state index in [0.29, 0.717) is 33.9 Å². The number of halogens is 1. The highest BCUT2D eigenvalue weighted by Crippen LogP contribution is 2.27. The van der Waals surface area contributed by atoms with Crippen molar-refractivity contribution in [1.82, 2.24) is 9.97 Å². The third-order valence-electron chi connectivity index (χ3n) is 4.45. The molecular formula is C19H23ClN4O2. The normalized spacial score (nSPS) is 17.1. The summed E-state index contributed by atoms with van der Waals surface area (Å²) in [6.45, 7) is 5.95. The molecular weight excluding hydrogens is 352 g/mol. The summed E-state index contributed by atoms with van der Waals surface area (Å²) in [6.07, 6.45) is 2.36. The fourth-order valence-corrected chi connectivity index (χ4v) is 3.42. The quantitative estimate of drug-likeness (QED) is 0.878. The van der Waals surface area contributed by atoms with E-state index in [9.17, 15) is 4.79 Å². The number of piperidine rings is 1. The third-order valence-corrected chi connectivity index (χ3v) is 4.74. The molecule has 0 aliphatic carbocycles. The minimum Gasteiger partial charge on any atom is -0.495 e. The Kier molecular flexibility index (Phi) is 5.61. The van der Waals surface area contributed by atoms with E-state index in [1.165, 1.54) is 6.42 Å². The minimum atomic E-state index is -0.289. The van der Waals surface area contributed by atoms with Gasteiger partial charge in [0.15, 0.2) is 0 Å². The summed E-state index contributed by atoms with van der Waals surface area (Å²) in [7, 11) is 1.55. The molecule has 0 radical (unpaired) electrons. The predicted octanol–water partition coefficient (Wildman–Crippen LogP) is 3.94. The molecule has 1 unspecified atom stereocenters. The number of hydrogen-bond donors (Lipinski definition) is 1. The first-order valence-corrected chi connectivity index (χ1v) is 9.09. The number of hydrogen-bond acceptors (Lipinski definition) is 5. The van der Waals surface area contributed by atoms with Crippen LogP contribution in [0.4, 0.5) is 11.5 Å². The molecule has 6 nitrogen and oxygen atoms in total. The number of ether oxygens (including phenoxy) is 1. The maximum absolute atomic E-state index is 12.6. The van der Waals surface area contributed by atoms with Crippen molar-refractivity contribution in [3.8, 4) is 5.75 Å². The number of nitrogens with one attached hydrogen (secondary N) is 1. The van der Waals surface area contributed by atoms with E-state index < -0.39 is 0 Å². The fourth-order valence-electron chi connectivity index (χ4n) is 3.17. The van der Waals surface area contributed by atoms with E-state index in [2.05, 4.69) is 27.1 Å². The molecule has 1 fully saturated rings. The van der Waals surface area contributed by atoms with Gasteiger partial charge < -0.3 is 15.0 Å². The van der Waals surface area contributed by atoms with E-state index in [4.69, 9.17) is 16.3 Å². The maximum atomic E-state index is 12.6. The Balaban J connectivity index is 1.80. The Morgan fingerprint density at radius 1 is 1.35 bits per heavy atom. The molecule has 1 saturated heterocycles. The Bertz CT molecular complexity index is 812. The lowest BCUT2D eigenvalue weighted by molar-refractivity contribution is 0.102. The number of aromatic nitrogens is 2. The molecule has 1 aromatic heterocycles. The highest BCUT2D eigenvalue weighted by Gasteiger charge is 2.20. The molecule has 0 spiro atoms. The Hall–Kier alpha value is -2.34. The van der Waals surface area contributed by atoms with Crippen LogP contribution in [0.2, 0.25) is 5.02 Å². The van der Waals surface area contributed by atoms with Gasteiger partial charge in [0.25, 0.3) is 5.91 Å². The Morgan fingerprint density at radius 3 is 2.85 bits per heavy atom. The number of nitrogens with zero attached hydrogens (tertiary/aromatic N) is 3. The van der Waals surface area contributed by atoms with Crippen LogP contribution in [-0.4, -0.2) is 36.1 Å². The number of aryl methyl sites for hydroxylation is 1. The van der Waals surface area contributed by atoms with Crippen LogP contribution in [0.15, 0.2) is 24.3 Å². The molecule has 1 amide bonds. The topological polar surface area (TPSA) is 67.3 Å². The predicted molar refractivity (Wildman–Crippen MR) is 103 cm³/mol. The van der Waals surface area contributed by atoms with Crippen molar-refractivity contribution in [2.45, 2.75) is 26.7 Å². The zero-order chi connectivity index (χ0) is 18.7. The Labute approximate surface area is 158 Å². The smallest absolute Gasteiger partial charge is 0.274 e. The lowest BCUT2D eigenvalue weighted by Gasteiger charge is -2.32. The van der Waals surface area contributed by atoms with Gasteiger partial charge in [-0.3, -0.25) is 4.79 Å². The first kappa shape index (κ1) is 18.5. The van der Waals surface area contributed by atoms with E-state index >= 15 is 0 Å².